The summed E-state index contributed by atoms with van der Waals surface area (Å²) in [5, 5.41) is 7.77. The van der Waals surface area contributed by atoms with Gasteiger partial charge in [-0.05, 0) is 31.5 Å². The number of primary sulfonamides is 1. The van der Waals surface area contributed by atoms with Gasteiger partial charge in [0.25, 0.3) is 5.91 Å². The first kappa shape index (κ1) is 15.2. The number of rotatable bonds is 4. The molecule has 1 amide bonds. The standard InChI is InChI=1S/C13H15N3O4S/c1-8(16-13(17)12-9(2)15-7-20-12)10-3-5-11(6-4-10)21(14,18)19/h3-8H,1-2H3,(H,16,17)(H2,14,18,19). The van der Waals surface area contributed by atoms with Crippen molar-refractivity contribution in [3.8, 4) is 0 Å². The minimum atomic E-state index is -3.72. The Morgan fingerprint density at radius 3 is 2.43 bits per heavy atom. The normalized spacial score (nSPS) is 12.9. The maximum absolute atomic E-state index is 12.0. The van der Waals surface area contributed by atoms with E-state index in [1.54, 1.807) is 26.0 Å². The number of sulfonamides is 1. The Morgan fingerprint density at radius 1 is 1.33 bits per heavy atom. The lowest BCUT2D eigenvalue weighted by atomic mass is 10.1. The number of hydrogen-bond acceptors (Lipinski definition) is 5. The number of benzene rings is 1. The summed E-state index contributed by atoms with van der Waals surface area (Å²) in [5.74, 6) is -0.226. The fraction of sp³-hybridized carbons (Fsp3) is 0.231. The fourth-order valence-electron chi connectivity index (χ4n) is 1.81. The predicted molar refractivity (Wildman–Crippen MR) is 74.9 cm³/mol. The zero-order valence-electron chi connectivity index (χ0n) is 11.5. The Labute approximate surface area is 122 Å². The van der Waals surface area contributed by atoms with Crippen LogP contribution in [0.1, 0.15) is 34.8 Å². The molecule has 0 spiro atoms. The molecule has 0 saturated carbocycles. The first-order valence-corrected chi connectivity index (χ1v) is 7.67. The minimum Gasteiger partial charge on any atom is -0.438 e. The zero-order valence-corrected chi connectivity index (χ0v) is 12.3. The van der Waals surface area contributed by atoms with Gasteiger partial charge in [-0.15, -0.1) is 0 Å². The highest BCUT2D eigenvalue weighted by atomic mass is 32.2. The molecule has 0 fully saturated rings. The third kappa shape index (κ3) is 3.47. The number of carbonyl (C=O) groups is 1. The van der Waals surface area contributed by atoms with Crippen LogP contribution >= 0.6 is 0 Å². The van der Waals surface area contributed by atoms with Crippen molar-refractivity contribution in [2.24, 2.45) is 5.14 Å². The monoisotopic (exact) mass is 309 g/mol. The van der Waals surface area contributed by atoms with Crippen molar-refractivity contribution in [2.75, 3.05) is 0 Å². The van der Waals surface area contributed by atoms with E-state index in [0.717, 1.165) is 5.56 Å². The lowest BCUT2D eigenvalue weighted by molar-refractivity contribution is 0.0911. The van der Waals surface area contributed by atoms with E-state index in [0.29, 0.717) is 5.69 Å². The number of nitrogens with zero attached hydrogens (tertiary/aromatic N) is 1. The maximum Gasteiger partial charge on any atom is 0.289 e. The van der Waals surface area contributed by atoms with Gasteiger partial charge in [0.05, 0.1) is 16.6 Å². The molecule has 0 radical (unpaired) electrons. The zero-order chi connectivity index (χ0) is 15.6. The van der Waals surface area contributed by atoms with Crippen molar-refractivity contribution in [3.05, 3.63) is 47.7 Å². The van der Waals surface area contributed by atoms with Gasteiger partial charge in [0, 0.05) is 0 Å². The third-order valence-electron chi connectivity index (χ3n) is 3.01. The predicted octanol–water partition coefficient (Wildman–Crippen LogP) is 1.12. The maximum atomic E-state index is 12.0. The Kier molecular flexibility index (Phi) is 4.10. The quantitative estimate of drug-likeness (QED) is 0.878. The summed E-state index contributed by atoms with van der Waals surface area (Å²) in [4.78, 5) is 15.8. The molecule has 0 aliphatic carbocycles. The Bertz CT molecular complexity index is 750. The molecular formula is C13H15N3O4S. The fourth-order valence-corrected chi connectivity index (χ4v) is 2.33. The van der Waals surface area contributed by atoms with Gasteiger partial charge in [-0.2, -0.15) is 0 Å². The van der Waals surface area contributed by atoms with Crippen molar-refractivity contribution in [1.82, 2.24) is 10.3 Å². The van der Waals surface area contributed by atoms with Crippen molar-refractivity contribution in [3.63, 3.8) is 0 Å². The van der Waals surface area contributed by atoms with Gasteiger partial charge in [0.2, 0.25) is 15.8 Å². The average Bonchev–Trinajstić information content (AvgIpc) is 2.84. The Balaban J connectivity index is 2.12. The van der Waals surface area contributed by atoms with Crippen LogP contribution in [-0.2, 0) is 10.0 Å². The highest BCUT2D eigenvalue weighted by molar-refractivity contribution is 7.89. The molecule has 3 N–H and O–H groups in total. The lowest BCUT2D eigenvalue weighted by Gasteiger charge is -2.13. The van der Waals surface area contributed by atoms with E-state index in [9.17, 15) is 13.2 Å². The average molecular weight is 309 g/mol. The van der Waals surface area contributed by atoms with Crippen molar-refractivity contribution in [2.45, 2.75) is 24.8 Å². The number of nitrogens with two attached hydrogens (primary N) is 1. The first-order chi connectivity index (χ1) is 9.79. The van der Waals surface area contributed by atoms with Crippen LogP contribution in [0.3, 0.4) is 0 Å². The number of aromatic nitrogens is 1. The molecule has 2 aromatic rings. The second-order valence-electron chi connectivity index (χ2n) is 4.58. The van der Waals surface area contributed by atoms with Gasteiger partial charge >= 0.3 is 0 Å². The lowest BCUT2D eigenvalue weighted by Crippen LogP contribution is -2.27. The summed E-state index contributed by atoms with van der Waals surface area (Å²) >= 11 is 0. The van der Waals surface area contributed by atoms with Crippen LogP contribution in [-0.4, -0.2) is 19.3 Å². The number of hydrogen-bond donors (Lipinski definition) is 2. The van der Waals surface area contributed by atoms with E-state index in [-0.39, 0.29) is 22.6 Å². The first-order valence-electron chi connectivity index (χ1n) is 6.12. The highest BCUT2D eigenvalue weighted by Gasteiger charge is 2.17. The summed E-state index contributed by atoms with van der Waals surface area (Å²) in [5.41, 5.74) is 1.25. The van der Waals surface area contributed by atoms with E-state index >= 15 is 0 Å². The molecule has 112 valence electrons. The molecule has 0 saturated heterocycles. The molecule has 1 aromatic heterocycles. The molecule has 1 heterocycles. The highest BCUT2D eigenvalue weighted by Crippen LogP contribution is 2.16. The van der Waals surface area contributed by atoms with Crippen molar-refractivity contribution < 1.29 is 17.6 Å². The molecule has 7 nitrogen and oxygen atoms in total. The topological polar surface area (TPSA) is 115 Å². The molecule has 21 heavy (non-hydrogen) atoms. The smallest absolute Gasteiger partial charge is 0.289 e. The Hall–Kier alpha value is -2.19. The molecule has 1 atom stereocenters. The van der Waals surface area contributed by atoms with Crippen LogP contribution in [0.4, 0.5) is 0 Å². The molecular weight excluding hydrogens is 294 g/mol. The van der Waals surface area contributed by atoms with Crippen molar-refractivity contribution >= 4 is 15.9 Å². The van der Waals surface area contributed by atoms with Gasteiger partial charge in [-0.1, -0.05) is 12.1 Å². The van der Waals surface area contributed by atoms with E-state index < -0.39 is 10.0 Å². The molecule has 8 heteroatoms. The Morgan fingerprint density at radius 2 is 1.95 bits per heavy atom. The van der Waals surface area contributed by atoms with Crippen LogP contribution < -0.4 is 10.5 Å². The number of amides is 1. The number of nitrogens with one attached hydrogen (secondary N) is 1. The summed E-state index contributed by atoms with van der Waals surface area (Å²) in [6.45, 7) is 3.44. The number of oxazole rings is 1. The second-order valence-corrected chi connectivity index (χ2v) is 6.14. The van der Waals surface area contributed by atoms with E-state index in [1.807, 2.05) is 0 Å². The van der Waals surface area contributed by atoms with E-state index in [1.165, 1.54) is 18.5 Å². The molecule has 2 rings (SSSR count). The van der Waals surface area contributed by atoms with Gasteiger partial charge in [0.1, 0.15) is 0 Å². The largest absolute Gasteiger partial charge is 0.438 e. The summed E-state index contributed by atoms with van der Waals surface area (Å²) in [6, 6.07) is 5.66. The van der Waals surface area contributed by atoms with Crippen LogP contribution in [0.15, 0.2) is 40.0 Å². The van der Waals surface area contributed by atoms with Gasteiger partial charge in [0.15, 0.2) is 6.39 Å². The summed E-state index contributed by atoms with van der Waals surface area (Å²) < 4.78 is 27.4. The van der Waals surface area contributed by atoms with Crippen LogP contribution in [0, 0.1) is 6.92 Å². The molecule has 0 aliphatic heterocycles. The van der Waals surface area contributed by atoms with Crippen LogP contribution in [0.2, 0.25) is 0 Å². The summed E-state index contributed by atoms with van der Waals surface area (Å²) in [7, 11) is -3.72. The van der Waals surface area contributed by atoms with E-state index in [4.69, 9.17) is 9.56 Å². The van der Waals surface area contributed by atoms with Crippen molar-refractivity contribution in [1.29, 1.82) is 0 Å². The molecule has 0 aliphatic rings. The van der Waals surface area contributed by atoms with Crippen LogP contribution in [0.25, 0.3) is 0 Å². The van der Waals surface area contributed by atoms with Gasteiger partial charge in [-0.25, -0.2) is 18.5 Å². The molecule has 1 aromatic carbocycles. The summed E-state index contributed by atoms with van der Waals surface area (Å²) in [6.07, 6.45) is 1.20. The second kappa shape index (κ2) is 5.66. The number of carbonyl (C=O) groups excluding carboxylic acids is 1. The third-order valence-corrected chi connectivity index (χ3v) is 3.94. The molecule has 0 bridgehead atoms. The number of aryl methyl sites for hydroxylation is 1. The van der Waals surface area contributed by atoms with Crippen LogP contribution in [0.5, 0.6) is 0 Å². The van der Waals surface area contributed by atoms with E-state index in [2.05, 4.69) is 10.3 Å². The SMILES string of the molecule is Cc1ncoc1C(=O)NC(C)c1ccc(S(N)(=O)=O)cc1. The van der Waals surface area contributed by atoms with Gasteiger partial charge in [-0.3, -0.25) is 4.79 Å². The molecule has 1 unspecified atom stereocenters. The van der Waals surface area contributed by atoms with Gasteiger partial charge < -0.3 is 9.73 Å². The minimum absolute atomic E-state index is 0.0239.